The molecule has 0 spiro atoms. The van der Waals surface area contributed by atoms with Gasteiger partial charge in [0, 0.05) is 23.5 Å². The number of rotatable bonds is 8. The van der Waals surface area contributed by atoms with E-state index in [9.17, 15) is 13.6 Å². The minimum absolute atomic E-state index is 0.105. The third-order valence-corrected chi connectivity index (χ3v) is 4.74. The molecule has 0 saturated heterocycles. The van der Waals surface area contributed by atoms with Crippen LogP contribution >= 0.6 is 0 Å². The van der Waals surface area contributed by atoms with Gasteiger partial charge in [-0.1, -0.05) is 48.5 Å². The Labute approximate surface area is 189 Å². The zero-order valence-electron chi connectivity index (χ0n) is 17.7. The first-order valence-corrected chi connectivity index (χ1v) is 10.3. The Kier molecular flexibility index (Phi) is 6.64. The van der Waals surface area contributed by atoms with Crippen LogP contribution in [0, 0.1) is 0 Å². The number of halogens is 2. The second-order valence-corrected chi connectivity index (χ2v) is 6.96. The molecule has 1 amide bonds. The van der Waals surface area contributed by atoms with Crippen molar-refractivity contribution in [3.05, 3.63) is 90.6 Å². The molecule has 0 atom stereocenters. The van der Waals surface area contributed by atoms with E-state index in [0.717, 1.165) is 11.3 Å². The molecule has 168 valence electrons. The van der Waals surface area contributed by atoms with Gasteiger partial charge in [-0.25, -0.2) is 4.68 Å². The van der Waals surface area contributed by atoms with Crippen LogP contribution in [0.4, 0.5) is 14.5 Å². The Morgan fingerprint density at radius 3 is 2.36 bits per heavy atom. The van der Waals surface area contributed by atoms with E-state index in [2.05, 4.69) is 15.2 Å². The number of hydrogen-bond acceptors (Lipinski definition) is 4. The van der Waals surface area contributed by atoms with Crippen molar-refractivity contribution in [2.45, 2.75) is 13.5 Å². The molecule has 1 N–H and O–H groups in total. The number of para-hydroxylation sites is 1. The maximum atomic E-state index is 13.2. The third-order valence-electron chi connectivity index (χ3n) is 4.74. The molecule has 0 saturated carbocycles. The molecule has 1 aromatic heterocycles. The van der Waals surface area contributed by atoms with E-state index in [-0.39, 0.29) is 18.1 Å². The van der Waals surface area contributed by atoms with Gasteiger partial charge in [-0.05, 0) is 31.2 Å². The van der Waals surface area contributed by atoms with Crippen LogP contribution in [0.5, 0.6) is 11.5 Å². The number of aromatic nitrogens is 2. The average molecular weight is 449 g/mol. The molecule has 0 aliphatic heterocycles. The SMILES string of the molecule is CCOc1cc(NC(=O)c2cn(-c3ccccc3)nc2-c2ccccc2)ccc1OC(F)F. The van der Waals surface area contributed by atoms with Gasteiger partial charge in [0.15, 0.2) is 11.5 Å². The van der Waals surface area contributed by atoms with E-state index in [0.29, 0.717) is 16.9 Å². The lowest BCUT2D eigenvalue weighted by molar-refractivity contribution is -0.0514. The van der Waals surface area contributed by atoms with Crippen molar-refractivity contribution in [1.82, 2.24) is 9.78 Å². The lowest BCUT2D eigenvalue weighted by Gasteiger charge is -2.13. The summed E-state index contributed by atoms with van der Waals surface area (Å²) in [5.41, 5.74) is 2.83. The molecule has 4 rings (SSSR count). The molecular weight excluding hydrogens is 428 g/mol. The summed E-state index contributed by atoms with van der Waals surface area (Å²) in [6, 6.07) is 23.1. The van der Waals surface area contributed by atoms with Crippen molar-refractivity contribution < 1.29 is 23.0 Å². The maximum absolute atomic E-state index is 13.2. The van der Waals surface area contributed by atoms with Gasteiger partial charge in [0.2, 0.25) is 0 Å². The molecule has 8 heteroatoms. The number of carbonyl (C=O) groups is 1. The van der Waals surface area contributed by atoms with E-state index >= 15 is 0 Å². The molecule has 6 nitrogen and oxygen atoms in total. The smallest absolute Gasteiger partial charge is 0.387 e. The molecular formula is C25H21F2N3O3. The fraction of sp³-hybridized carbons (Fsp3) is 0.120. The average Bonchev–Trinajstić information content (AvgIpc) is 3.28. The summed E-state index contributed by atoms with van der Waals surface area (Å²) in [6.07, 6.45) is 1.66. The number of nitrogens with one attached hydrogen (secondary N) is 1. The van der Waals surface area contributed by atoms with E-state index in [1.165, 1.54) is 18.2 Å². The zero-order valence-corrected chi connectivity index (χ0v) is 17.7. The Morgan fingerprint density at radius 2 is 1.70 bits per heavy atom. The molecule has 0 bridgehead atoms. The van der Waals surface area contributed by atoms with E-state index in [1.807, 2.05) is 60.7 Å². The van der Waals surface area contributed by atoms with Gasteiger partial charge in [0.25, 0.3) is 5.91 Å². The van der Waals surface area contributed by atoms with Gasteiger partial charge in [-0.2, -0.15) is 13.9 Å². The third kappa shape index (κ3) is 5.17. The Balaban J connectivity index is 1.68. The second-order valence-electron chi connectivity index (χ2n) is 6.96. The molecule has 4 aromatic rings. The summed E-state index contributed by atoms with van der Waals surface area (Å²) in [5, 5.41) is 7.43. The van der Waals surface area contributed by atoms with Gasteiger partial charge >= 0.3 is 6.61 Å². The maximum Gasteiger partial charge on any atom is 0.387 e. The summed E-state index contributed by atoms with van der Waals surface area (Å²) in [6.45, 7) is -1.01. The highest BCUT2D eigenvalue weighted by atomic mass is 19.3. The van der Waals surface area contributed by atoms with Crippen LogP contribution in [-0.4, -0.2) is 28.9 Å². The Bertz CT molecular complexity index is 1230. The first-order chi connectivity index (χ1) is 16.0. The highest BCUT2D eigenvalue weighted by molar-refractivity contribution is 6.08. The van der Waals surface area contributed by atoms with Gasteiger partial charge in [-0.3, -0.25) is 4.79 Å². The fourth-order valence-electron chi connectivity index (χ4n) is 3.31. The summed E-state index contributed by atoms with van der Waals surface area (Å²) in [4.78, 5) is 13.2. The summed E-state index contributed by atoms with van der Waals surface area (Å²) in [7, 11) is 0. The monoisotopic (exact) mass is 449 g/mol. The number of alkyl halides is 2. The molecule has 0 unspecified atom stereocenters. The predicted octanol–water partition coefficient (Wildman–Crippen LogP) is 5.79. The standard InChI is InChI=1S/C25H21F2N3O3/c1-2-32-22-15-18(13-14-21(22)33-25(26)27)28-24(31)20-16-30(19-11-7-4-8-12-19)29-23(20)17-9-5-3-6-10-17/h3-16,25H,2H2,1H3,(H,28,31). The quantitative estimate of drug-likeness (QED) is 0.370. The normalized spacial score (nSPS) is 10.8. The van der Waals surface area contributed by atoms with Crippen molar-refractivity contribution in [1.29, 1.82) is 0 Å². The first-order valence-electron chi connectivity index (χ1n) is 10.3. The number of anilines is 1. The van der Waals surface area contributed by atoms with E-state index in [1.54, 1.807) is 17.8 Å². The summed E-state index contributed by atoms with van der Waals surface area (Å²) >= 11 is 0. The first kappa shape index (κ1) is 22.0. The van der Waals surface area contributed by atoms with E-state index in [4.69, 9.17) is 4.74 Å². The number of nitrogens with zero attached hydrogens (tertiary/aromatic N) is 2. The van der Waals surface area contributed by atoms with Gasteiger partial charge < -0.3 is 14.8 Å². The fourth-order valence-corrected chi connectivity index (χ4v) is 3.31. The van der Waals surface area contributed by atoms with Crippen molar-refractivity contribution in [3.8, 4) is 28.4 Å². The summed E-state index contributed by atoms with van der Waals surface area (Å²) in [5.74, 6) is -0.397. The number of amides is 1. The van der Waals surface area contributed by atoms with Crippen molar-refractivity contribution in [2.75, 3.05) is 11.9 Å². The lowest BCUT2D eigenvalue weighted by Crippen LogP contribution is -2.13. The Morgan fingerprint density at radius 1 is 1.00 bits per heavy atom. The number of hydrogen-bond donors (Lipinski definition) is 1. The molecule has 33 heavy (non-hydrogen) atoms. The molecule has 3 aromatic carbocycles. The minimum atomic E-state index is -2.98. The van der Waals surface area contributed by atoms with Gasteiger partial charge in [0.05, 0.1) is 17.9 Å². The van der Waals surface area contributed by atoms with Crippen LogP contribution in [0.3, 0.4) is 0 Å². The Hall–Kier alpha value is -4.20. The number of ether oxygens (including phenoxy) is 2. The predicted molar refractivity (Wildman–Crippen MR) is 121 cm³/mol. The van der Waals surface area contributed by atoms with Crippen LogP contribution < -0.4 is 14.8 Å². The van der Waals surface area contributed by atoms with E-state index < -0.39 is 12.5 Å². The van der Waals surface area contributed by atoms with Gasteiger partial charge in [-0.15, -0.1) is 0 Å². The lowest BCUT2D eigenvalue weighted by atomic mass is 10.1. The van der Waals surface area contributed by atoms with Gasteiger partial charge in [0.1, 0.15) is 5.69 Å². The van der Waals surface area contributed by atoms with Crippen molar-refractivity contribution >= 4 is 11.6 Å². The molecule has 1 heterocycles. The molecule has 0 radical (unpaired) electrons. The van der Waals surface area contributed by atoms with Crippen LogP contribution in [0.1, 0.15) is 17.3 Å². The number of carbonyl (C=O) groups excluding carboxylic acids is 1. The molecule has 0 fully saturated rings. The number of benzene rings is 3. The van der Waals surface area contributed by atoms with Crippen LogP contribution in [0.25, 0.3) is 16.9 Å². The van der Waals surface area contributed by atoms with Crippen molar-refractivity contribution in [2.24, 2.45) is 0 Å². The largest absolute Gasteiger partial charge is 0.490 e. The van der Waals surface area contributed by atoms with Crippen LogP contribution in [0.15, 0.2) is 85.1 Å². The zero-order chi connectivity index (χ0) is 23.2. The molecule has 0 aliphatic rings. The topological polar surface area (TPSA) is 65.4 Å². The summed E-state index contributed by atoms with van der Waals surface area (Å²) < 4.78 is 36.9. The van der Waals surface area contributed by atoms with Crippen LogP contribution in [0.2, 0.25) is 0 Å². The highest BCUT2D eigenvalue weighted by Gasteiger charge is 2.20. The second kappa shape index (κ2) is 9.95. The molecule has 0 aliphatic carbocycles. The van der Waals surface area contributed by atoms with Crippen LogP contribution in [-0.2, 0) is 0 Å². The highest BCUT2D eigenvalue weighted by Crippen LogP contribution is 2.32. The minimum Gasteiger partial charge on any atom is -0.490 e. The van der Waals surface area contributed by atoms with Crippen molar-refractivity contribution in [3.63, 3.8) is 0 Å².